The topological polar surface area (TPSA) is 52.5 Å². The maximum atomic E-state index is 11.5. The number of rotatable bonds is 4. The van der Waals surface area contributed by atoms with Crippen LogP contribution in [0.25, 0.3) is 0 Å². The summed E-state index contributed by atoms with van der Waals surface area (Å²) < 4.78 is 0. The molecule has 4 saturated carbocycles. The lowest BCUT2D eigenvalue weighted by molar-refractivity contribution is -0.118. The Bertz CT molecular complexity index is 571. The quantitative estimate of drug-likeness (QED) is 0.604. The van der Waals surface area contributed by atoms with Crippen molar-refractivity contribution >= 4 is 0 Å². The number of hydrogen-bond acceptors (Lipinski definition) is 3. The molecule has 0 amide bonds. The molecule has 0 aliphatic heterocycles. The average molecular weight is 390 g/mol. The molecule has 4 fully saturated rings. The molecule has 7 atom stereocenters. The second kappa shape index (κ2) is 8.04. The van der Waals surface area contributed by atoms with Gasteiger partial charge < -0.3 is 15.5 Å². The molecule has 160 valence electrons. The van der Waals surface area contributed by atoms with Crippen LogP contribution >= 0.6 is 0 Å². The Morgan fingerprint density at radius 2 is 1.71 bits per heavy atom. The normalized spacial score (nSPS) is 47.9. The summed E-state index contributed by atoms with van der Waals surface area (Å²) >= 11 is 0. The van der Waals surface area contributed by atoms with Crippen molar-refractivity contribution < 1.29 is 10.2 Å². The van der Waals surface area contributed by atoms with Gasteiger partial charge in [0.15, 0.2) is 0 Å². The van der Waals surface area contributed by atoms with Crippen molar-refractivity contribution in [2.45, 2.75) is 109 Å². The molecule has 0 aromatic carbocycles. The third-order valence-corrected chi connectivity index (χ3v) is 9.79. The van der Waals surface area contributed by atoms with E-state index in [0.29, 0.717) is 23.8 Å². The van der Waals surface area contributed by atoms with Crippen LogP contribution in [0.4, 0.5) is 0 Å². The van der Waals surface area contributed by atoms with Crippen molar-refractivity contribution in [1.29, 1.82) is 0 Å². The zero-order valence-corrected chi connectivity index (χ0v) is 18.3. The largest absolute Gasteiger partial charge is 0.393 e. The molecular formula is C25H43NO2. The summed E-state index contributed by atoms with van der Waals surface area (Å²) in [6.07, 6.45) is 13.7. The smallest absolute Gasteiger partial charge is 0.0610 e. The molecule has 0 aromatic heterocycles. The lowest BCUT2D eigenvalue weighted by atomic mass is 9.52. The minimum Gasteiger partial charge on any atom is -0.393 e. The summed E-state index contributed by atoms with van der Waals surface area (Å²) in [6.45, 7) is 10.1. The number of nitrogens with one attached hydrogen (secondary N) is 1. The van der Waals surface area contributed by atoms with Crippen molar-refractivity contribution in [3.8, 4) is 0 Å². The Hall–Kier alpha value is -0.380. The highest BCUT2D eigenvalue weighted by molar-refractivity contribution is 5.21. The highest BCUT2D eigenvalue weighted by Crippen LogP contribution is 2.61. The van der Waals surface area contributed by atoms with Crippen molar-refractivity contribution in [1.82, 2.24) is 5.32 Å². The highest BCUT2D eigenvalue weighted by atomic mass is 16.3. The predicted octanol–water partition coefficient (Wildman–Crippen LogP) is 4.82. The molecule has 4 rings (SSSR count). The van der Waals surface area contributed by atoms with Crippen LogP contribution in [0.3, 0.4) is 0 Å². The van der Waals surface area contributed by atoms with E-state index >= 15 is 0 Å². The molecule has 3 heteroatoms. The zero-order valence-electron chi connectivity index (χ0n) is 18.3. The van der Waals surface area contributed by atoms with Crippen LogP contribution in [0.1, 0.15) is 90.9 Å². The molecule has 0 radical (unpaired) electrons. The van der Waals surface area contributed by atoms with Gasteiger partial charge in [0.1, 0.15) is 0 Å². The third-order valence-electron chi connectivity index (χ3n) is 9.79. The first-order chi connectivity index (χ1) is 13.3. The molecule has 0 spiro atoms. The molecule has 0 heterocycles. The summed E-state index contributed by atoms with van der Waals surface area (Å²) in [6, 6.07) is 0.662. The molecule has 4 aliphatic rings. The lowest BCUT2D eigenvalue weighted by Gasteiger charge is -2.55. The lowest BCUT2D eigenvalue weighted by Crippen LogP contribution is -2.54. The number of aliphatic hydroxyl groups is 2. The molecule has 4 aliphatic carbocycles. The Labute approximate surface area is 172 Å². The van der Waals surface area contributed by atoms with Crippen molar-refractivity contribution in [2.24, 2.45) is 28.6 Å². The Morgan fingerprint density at radius 3 is 2.46 bits per heavy atom. The Morgan fingerprint density at radius 1 is 0.964 bits per heavy atom. The second-order valence-electron chi connectivity index (χ2n) is 11.2. The number of fused-ring (bicyclic) bond motifs is 1. The van der Waals surface area contributed by atoms with E-state index in [1.54, 1.807) is 0 Å². The number of allylic oxidation sites excluding steroid dienone is 1. The van der Waals surface area contributed by atoms with Crippen LogP contribution in [0.15, 0.2) is 12.2 Å². The fourth-order valence-electron chi connectivity index (χ4n) is 7.55. The molecule has 3 N–H and O–H groups in total. The van der Waals surface area contributed by atoms with E-state index in [1.165, 1.54) is 44.1 Å². The van der Waals surface area contributed by atoms with Crippen molar-refractivity contribution in [2.75, 3.05) is 6.54 Å². The van der Waals surface area contributed by atoms with Gasteiger partial charge in [-0.15, -0.1) is 0 Å². The summed E-state index contributed by atoms with van der Waals surface area (Å²) in [4.78, 5) is 0. The van der Waals surface area contributed by atoms with Gasteiger partial charge in [-0.3, -0.25) is 0 Å². The van der Waals surface area contributed by atoms with E-state index in [1.807, 2.05) is 0 Å². The van der Waals surface area contributed by atoms with Gasteiger partial charge in [-0.05, 0) is 92.9 Å². The Balaban J connectivity index is 1.49. The van der Waals surface area contributed by atoms with Gasteiger partial charge in [0.2, 0.25) is 0 Å². The second-order valence-corrected chi connectivity index (χ2v) is 11.2. The summed E-state index contributed by atoms with van der Waals surface area (Å²) in [5.41, 5.74) is 1.65. The molecule has 7 unspecified atom stereocenters. The molecule has 0 bridgehead atoms. The minimum absolute atomic E-state index is 0.131. The van der Waals surface area contributed by atoms with Crippen LogP contribution in [-0.4, -0.2) is 35.0 Å². The van der Waals surface area contributed by atoms with Gasteiger partial charge in [0.05, 0.1) is 12.2 Å². The molecule has 0 saturated heterocycles. The van der Waals surface area contributed by atoms with E-state index in [0.717, 1.165) is 45.1 Å². The van der Waals surface area contributed by atoms with Gasteiger partial charge in [-0.2, -0.15) is 0 Å². The van der Waals surface area contributed by atoms with E-state index in [2.05, 4.69) is 25.7 Å². The molecule has 3 nitrogen and oxygen atoms in total. The van der Waals surface area contributed by atoms with Gasteiger partial charge >= 0.3 is 0 Å². The summed E-state index contributed by atoms with van der Waals surface area (Å²) in [5, 5.41) is 25.8. The first-order valence-electron chi connectivity index (χ1n) is 12.1. The van der Waals surface area contributed by atoms with E-state index in [4.69, 9.17) is 0 Å². The fraction of sp³-hybridized carbons (Fsp3) is 0.920. The van der Waals surface area contributed by atoms with Crippen LogP contribution in [-0.2, 0) is 0 Å². The van der Waals surface area contributed by atoms with Gasteiger partial charge in [-0.25, -0.2) is 0 Å². The fourth-order valence-corrected chi connectivity index (χ4v) is 7.55. The minimum atomic E-state index is -0.213. The van der Waals surface area contributed by atoms with Crippen LogP contribution < -0.4 is 5.32 Å². The summed E-state index contributed by atoms with van der Waals surface area (Å²) in [7, 11) is 0. The highest BCUT2D eigenvalue weighted by Gasteiger charge is 2.56. The average Bonchev–Trinajstić information content (AvgIpc) is 2.99. The molecule has 28 heavy (non-hydrogen) atoms. The zero-order chi connectivity index (χ0) is 19.9. The van der Waals surface area contributed by atoms with E-state index < -0.39 is 0 Å². The summed E-state index contributed by atoms with van der Waals surface area (Å²) in [5.74, 6) is 1.21. The van der Waals surface area contributed by atoms with Gasteiger partial charge in [0, 0.05) is 6.04 Å². The Kier molecular flexibility index (Phi) is 5.99. The standard InChI is InChI=1S/C25H43NO2/c1-17-9-10-21-23(28)22(12-14-24(17,21)2)25(3)13-11-20(27)15-18(25)16-26-19-7-5-4-6-8-19/h18-23,26-28H,1,4-16H2,2-3H3. The maximum Gasteiger partial charge on any atom is 0.0610 e. The predicted molar refractivity (Wildman–Crippen MR) is 115 cm³/mol. The number of aliphatic hydroxyl groups excluding tert-OH is 2. The maximum absolute atomic E-state index is 11.5. The van der Waals surface area contributed by atoms with Crippen LogP contribution in [0.5, 0.6) is 0 Å². The van der Waals surface area contributed by atoms with Crippen molar-refractivity contribution in [3.05, 3.63) is 12.2 Å². The van der Waals surface area contributed by atoms with Crippen LogP contribution in [0.2, 0.25) is 0 Å². The van der Waals surface area contributed by atoms with Crippen molar-refractivity contribution in [3.63, 3.8) is 0 Å². The molecule has 0 aromatic rings. The van der Waals surface area contributed by atoms with E-state index in [9.17, 15) is 10.2 Å². The third kappa shape index (κ3) is 3.61. The van der Waals surface area contributed by atoms with Gasteiger partial charge in [-0.1, -0.05) is 45.3 Å². The van der Waals surface area contributed by atoms with Crippen LogP contribution in [0, 0.1) is 28.6 Å². The molecular weight excluding hydrogens is 346 g/mol. The number of hydrogen-bond donors (Lipinski definition) is 3. The first-order valence-corrected chi connectivity index (χ1v) is 12.1. The first kappa shape index (κ1) is 20.9. The SMILES string of the molecule is C=C1CCC2C(O)C(C3(C)CCC(O)CC3CNC3CCCCC3)CCC12C. The van der Waals surface area contributed by atoms with Gasteiger partial charge in [0.25, 0.3) is 0 Å². The monoisotopic (exact) mass is 389 g/mol. The van der Waals surface area contributed by atoms with E-state index in [-0.39, 0.29) is 23.0 Å².